The molecule has 0 aliphatic carbocycles. The molecule has 9 rings (SSSR count). The van der Waals surface area contributed by atoms with Crippen molar-refractivity contribution in [2.24, 2.45) is 11.8 Å². The molecule has 15 heteroatoms. The van der Waals surface area contributed by atoms with Gasteiger partial charge in [0.25, 0.3) is 5.91 Å². The zero-order valence-corrected chi connectivity index (χ0v) is 36.8. The molecule has 2 unspecified atom stereocenters. The lowest BCUT2D eigenvalue weighted by Gasteiger charge is -2.34. The zero-order valence-electron chi connectivity index (χ0n) is 36.8. The van der Waals surface area contributed by atoms with Gasteiger partial charge in [0.15, 0.2) is 0 Å². The Kier molecular flexibility index (Phi) is 12.6. The maximum absolute atomic E-state index is 14.1. The smallest absolute Gasteiger partial charge is 0.407 e. The first kappa shape index (κ1) is 43.3. The molecule has 3 aliphatic rings. The summed E-state index contributed by atoms with van der Waals surface area (Å²) in [5, 5.41) is 7.73. The lowest BCUT2D eigenvalue weighted by molar-refractivity contribution is -0.137. The number of methoxy groups -OCH3 is 2. The lowest BCUT2D eigenvalue weighted by Crippen LogP contribution is -2.53. The fourth-order valence-electron chi connectivity index (χ4n) is 9.67. The first-order chi connectivity index (χ1) is 31.7. The number of aromatic nitrogens is 4. The normalized spacial score (nSPS) is 19.8. The molecule has 0 saturated carbocycles. The number of fused-ring (bicyclic) bond motifs is 1. The van der Waals surface area contributed by atoms with Crippen LogP contribution < -0.4 is 10.6 Å². The number of aromatic amines is 2. The minimum Gasteiger partial charge on any atom is -0.453 e. The molecule has 3 aliphatic heterocycles. The summed E-state index contributed by atoms with van der Waals surface area (Å²) in [4.78, 5) is 72.9. The van der Waals surface area contributed by atoms with Gasteiger partial charge in [-0.15, -0.1) is 0 Å². The van der Waals surface area contributed by atoms with Crippen LogP contribution in [0.1, 0.15) is 74.4 Å². The van der Waals surface area contributed by atoms with Crippen LogP contribution in [0.5, 0.6) is 0 Å². The van der Waals surface area contributed by atoms with E-state index in [4.69, 9.17) is 24.2 Å². The molecule has 0 bridgehead atoms. The van der Waals surface area contributed by atoms with Crippen LogP contribution in [0.25, 0.3) is 44.4 Å². The molecule has 0 spiro atoms. The number of carbonyl (C=O) groups excluding carboxylic acids is 4. The summed E-state index contributed by atoms with van der Waals surface area (Å²) in [6.45, 7) is 4.37. The molecule has 0 radical (unpaired) electrons. The molecule has 5 heterocycles. The number of amides is 4. The summed E-state index contributed by atoms with van der Waals surface area (Å²) in [5.74, 6) is 1.33. The highest BCUT2D eigenvalue weighted by Gasteiger charge is 2.42. The SMILES string of the molecule is COC(=O)NC(C(=O)N1CCC[C@H]1c1ncc(-c2ccc3cc(-c4ccc(-c5cnc([C@@H]6CC(C)CN6C(=O)[C@@H](NC(=O)OC)C6CCOCC6)[nH]5)cc4)ccc3c2)[nH]1)c1ccccc1. The highest BCUT2D eigenvalue weighted by Crippen LogP contribution is 2.38. The average molecular weight is 879 g/mol. The van der Waals surface area contributed by atoms with Crippen LogP contribution in [0.4, 0.5) is 9.59 Å². The van der Waals surface area contributed by atoms with E-state index in [0.717, 1.165) is 69.5 Å². The zero-order chi connectivity index (χ0) is 45.0. The number of benzene rings is 4. The molecular formula is C50H54N8O7. The van der Waals surface area contributed by atoms with Crippen LogP contribution in [-0.4, -0.2) is 100 Å². The number of rotatable bonds is 11. The second-order valence-corrected chi connectivity index (χ2v) is 17.3. The molecule has 3 saturated heterocycles. The van der Waals surface area contributed by atoms with Gasteiger partial charge in [-0.05, 0) is 89.1 Å². The second kappa shape index (κ2) is 19.0. The van der Waals surface area contributed by atoms with E-state index in [1.54, 1.807) is 4.90 Å². The summed E-state index contributed by atoms with van der Waals surface area (Å²) in [6, 6.07) is 28.2. The van der Waals surface area contributed by atoms with Crippen molar-refractivity contribution in [3.63, 3.8) is 0 Å². The van der Waals surface area contributed by atoms with E-state index in [2.05, 4.69) is 88.2 Å². The quantitative estimate of drug-likeness (QED) is 0.0999. The van der Waals surface area contributed by atoms with Crippen LogP contribution in [0.3, 0.4) is 0 Å². The number of hydrogen-bond acceptors (Lipinski definition) is 9. The monoisotopic (exact) mass is 878 g/mol. The predicted octanol–water partition coefficient (Wildman–Crippen LogP) is 8.11. The maximum Gasteiger partial charge on any atom is 0.407 e. The molecule has 65 heavy (non-hydrogen) atoms. The molecule has 6 aromatic rings. The fraction of sp³-hybridized carbons (Fsp3) is 0.360. The summed E-state index contributed by atoms with van der Waals surface area (Å²) in [6.07, 6.45) is 6.06. The number of hydrogen-bond donors (Lipinski definition) is 4. The van der Waals surface area contributed by atoms with Crippen molar-refractivity contribution in [2.75, 3.05) is 40.5 Å². The number of likely N-dealkylation sites (tertiary alicyclic amines) is 2. The van der Waals surface area contributed by atoms with Gasteiger partial charge in [0.2, 0.25) is 5.91 Å². The molecule has 4 amide bonds. The number of nitrogens with one attached hydrogen (secondary N) is 4. The van der Waals surface area contributed by atoms with Crippen LogP contribution >= 0.6 is 0 Å². The minimum atomic E-state index is -0.884. The van der Waals surface area contributed by atoms with Crippen molar-refractivity contribution in [1.82, 2.24) is 40.4 Å². The summed E-state index contributed by atoms with van der Waals surface area (Å²) >= 11 is 0. The average Bonchev–Trinajstić information content (AvgIpc) is 4.20. The molecule has 15 nitrogen and oxygen atoms in total. The molecular weight excluding hydrogens is 825 g/mol. The third-order valence-corrected chi connectivity index (χ3v) is 13.1. The van der Waals surface area contributed by atoms with Crippen molar-refractivity contribution < 1.29 is 33.4 Å². The maximum atomic E-state index is 14.1. The van der Waals surface area contributed by atoms with Crippen molar-refractivity contribution in [1.29, 1.82) is 0 Å². The van der Waals surface area contributed by atoms with Crippen LogP contribution in [0, 0.1) is 11.8 Å². The summed E-state index contributed by atoms with van der Waals surface area (Å²) in [7, 11) is 2.59. The minimum absolute atomic E-state index is 0.0384. The van der Waals surface area contributed by atoms with Gasteiger partial charge in [-0.1, -0.05) is 85.8 Å². The second-order valence-electron chi connectivity index (χ2n) is 17.3. The first-order valence-corrected chi connectivity index (χ1v) is 22.3. The van der Waals surface area contributed by atoms with Crippen molar-refractivity contribution in [2.45, 2.75) is 63.2 Å². The van der Waals surface area contributed by atoms with E-state index in [1.807, 2.05) is 47.6 Å². The Bertz CT molecular complexity index is 2660. The topological polar surface area (TPSA) is 184 Å². The molecule has 4 aromatic carbocycles. The van der Waals surface area contributed by atoms with E-state index in [1.165, 1.54) is 14.2 Å². The van der Waals surface area contributed by atoms with E-state index in [9.17, 15) is 19.2 Å². The molecule has 2 aromatic heterocycles. The Morgan fingerprint density at radius 1 is 0.692 bits per heavy atom. The predicted molar refractivity (Wildman–Crippen MR) is 244 cm³/mol. The first-order valence-electron chi connectivity index (χ1n) is 22.3. The fourth-order valence-corrected chi connectivity index (χ4v) is 9.67. The van der Waals surface area contributed by atoms with Gasteiger partial charge in [0.1, 0.15) is 23.7 Å². The molecule has 4 N–H and O–H groups in total. The third-order valence-electron chi connectivity index (χ3n) is 13.1. The standard InChI is InChI=1S/C50H54N8O7/c1-30-24-42(58(29-30)48(60)44(56-50(62)64-3)34-19-22-65-23-20-34)46-52-27-39(53-46)32-13-11-31(12-14-32)35-15-16-37-26-38(18-17-36(37)25-35)40-28-51-45(54-40)41-10-7-21-57(41)47(59)43(55-49(61)63-2)33-8-5-4-6-9-33/h4-6,8-9,11-18,25-28,30,34,41-44H,7,10,19-24,29H2,1-3H3,(H,51,54)(H,52,53)(H,55,61)(H,56,62)/t30?,41-,42-,43?,44-/m0/s1. The lowest BCUT2D eigenvalue weighted by atomic mass is 9.90. The number of nitrogens with zero attached hydrogens (tertiary/aromatic N) is 4. The van der Waals surface area contributed by atoms with Crippen molar-refractivity contribution in [3.8, 4) is 33.6 Å². The van der Waals surface area contributed by atoms with Crippen LogP contribution in [-0.2, 0) is 23.8 Å². The largest absolute Gasteiger partial charge is 0.453 e. The Balaban J connectivity index is 0.875. The van der Waals surface area contributed by atoms with E-state index < -0.39 is 24.3 Å². The molecule has 336 valence electrons. The van der Waals surface area contributed by atoms with E-state index >= 15 is 0 Å². The van der Waals surface area contributed by atoms with Gasteiger partial charge in [-0.3, -0.25) is 9.59 Å². The highest BCUT2D eigenvalue weighted by molar-refractivity contribution is 5.91. The summed E-state index contributed by atoms with van der Waals surface area (Å²) in [5.41, 5.74) is 6.51. The van der Waals surface area contributed by atoms with Crippen LogP contribution in [0.15, 0.2) is 103 Å². The van der Waals surface area contributed by atoms with E-state index in [0.29, 0.717) is 50.5 Å². The van der Waals surface area contributed by atoms with Gasteiger partial charge in [-0.2, -0.15) is 0 Å². The number of ether oxygens (including phenoxy) is 3. The number of alkyl carbamates (subject to hydrolysis) is 2. The van der Waals surface area contributed by atoms with Crippen LogP contribution in [0.2, 0.25) is 0 Å². The number of H-pyrrole nitrogens is 2. The van der Waals surface area contributed by atoms with E-state index in [-0.39, 0.29) is 35.7 Å². The highest BCUT2D eigenvalue weighted by atomic mass is 16.5. The van der Waals surface area contributed by atoms with Gasteiger partial charge >= 0.3 is 12.2 Å². The Morgan fingerprint density at radius 3 is 1.98 bits per heavy atom. The molecule has 5 atom stereocenters. The Morgan fingerprint density at radius 2 is 1.29 bits per heavy atom. The number of imidazole rings is 2. The Hall–Kier alpha value is -7.00. The molecule has 3 fully saturated rings. The third kappa shape index (κ3) is 9.19. The van der Waals surface area contributed by atoms with Gasteiger partial charge in [0.05, 0.1) is 50.1 Å². The Labute approximate surface area is 377 Å². The van der Waals surface area contributed by atoms with Crippen molar-refractivity contribution >= 4 is 34.8 Å². The summed E-state index contributed by atoms with van der Waals surface area (Å²) < 4.78 is 15.3. The van der Waals surface area contributed by atoms with Gasteiger partial charge < -0.3 is 44.6 Å². The van der Waals surface area contributed by atoms with Crippen molar-refractivity contribution in [3.05, 3.63) is 121 Å². The van der Waals surface area contributed by atoms with Gasteiger partial charge in [0, 0.05) is 31.9 Å². The number of carbonyl (C=O) groups is 4. The van der Waals surface area contributed by atoms with Gasteiger partial charge in [-0.25, -0.2) is 19.6 Å².